The summed E-state index contributed by atoms with van der Waals surface area (Å²) in [6, 6.07) is 15.1. The van der Waals surface area contributed by atoms with Gasteiger partial charge in [0, 0.05) is 43.4 Å². The summed E-state index contributed by atoms with van der Waals surface area (Å²) in [5.74, 6) is -0.307. The summed E-state index contributed by atoms with van der Waals surface area (Å²) in [4.78, 5) is 34.5. The van der Waals surface area contributed by atoms with Crippen molar-refractivity contribution in [1.82, 2.24) is 9.80 Å². The van der Waals surface area contributed by atoms with Crippen LogP contribution >= 0.6 is 11.8 Å². The molecule has 3 aliphatic rings. The van der Waals surface area contributed by atoms with Gasteiger partial charge in [0.25, 0.3) is 5.91 Å². The topological polar surface area (TPSA) is 62.2 Å². The number of amidine groups is 1. The van der Waals surface area contributed by atoms with Crippen LogP contribution in [-0.2, 0) is 11.2 Å². The van der Waals surface area contributed by atoms with E-state index in [-0.39, 0.29) is 18.0 Å². The van der Waals surface area contributed by atoms with Crippen LogP contribution in [0.2, 0.25) is 0 Å². The van der Waals surface area contributed by atoms with Crippen LogP contribution in [0.3, 0.4) is 0 Å². The smallest absolute Gasteiger partial charge is 0.339 e. The zero-order valence-electron chi connectivity index (χ0n) is 17.5. The highest BCUT2D eigenvalue weighted by Crippen LogP contribution is 2.31. The number of thioether (sulfide) groups is 1. The summed E-state index contributed by atoms with van der Waals surface area (Å²) in [6.45, 7) is 6.03. The summed E-state index contributed by atoms with van der Waals surface area (Å²) in [5.41, 5.74) is 3.03. The molecule has 3 heterocycles. The number of carbonyl (C=O) groups is 2. The number of rotatable bonds is 2. The van der Waals surface area contributed by atoms with Crippen molar-refractivity contribution >= 4 is 28.8 Å². The van der Waals surface area contributed by atoms with Crippen molar-refractivity contribution in [2.24, 2.45) is 4.99 Å². The van der Waals surface area contributed by atoms with E-state index in [9.17, 15) is 9.59 Å². The monoisotopic (exact) mass is 435 g/mol. The minimum Gasteiger partial charge on any atom is -0.454 e. The summed E-state index contributed by atoms with van der Waals surface area (Å²) in [7, 11) is 0. The van der Waals surface area contributed by atoms with Gasteiger partial charge in [-0.1, -0.05) is 49.0 Å². The number of ether oxygens (including phenoxy) is 1. The molecule has 0 aromatic heterocycles. The molecule has 31 heavy (non-hydrogen) atoms. The van der Waals surface area contributed by atoms with Crippen molar-refractivity contribution in [2.75, 3.05) is 32.7 Å². The molecule has 0 aliphatic carbocycles. The normalized spacial score (nSPS) is 23.3. The summed E-state index contributed by atoms with van der Waals surface area (Å²) in [6.07, 6.45) is 0.261. The molecule has 2 aromatic rings. The minimum absolute atomic E-state index is 0.0204. The zero-order valence-corrected chi connectivity index (χ0v) is 18.3. The van der Waals surface area contributed by atoms with Gasteiger partial charge in [0.15, 0.2) is 5.17 Å². The molecule has 0 saturated carbocycles. The first-order valence-corrected chi connectivity index (χ1v) is 11.6. The van der Waals surface area contributed by atoms with Crippen LogP contribution in [0.25, 0.3) is 0 Å². The SMILES string of the molecule is CC1CN=C(N2CCN(C(=O)c3ccc4c(c3)CC(c3ccccc3)OC4=O)CC2)S1. The van der Waals surface area contributed by atoms with Gasteiger partial charge in [-0.3, -0.25) is 9.79 Å². The molecule has 0 radical (unpaired) electrons. The van der Waals surface area contributed by atoms with Crippen LogP contribution < -0.4 is 0 Å². The molecule has 3 aliphatic heterocycles. The van der Waals surface area contributed by atoms with Gasteiger partial charge in [-0.2, -0.15) is 0 Å². The van der Waals surface area contributed by atoms with Crippen molar-refractivity contribution in [1.29, 1.82) is 0 Å². The average molecular weight is 436 g/mol. The third-order valence-corrected chi connectivity index (χ3v) is 7.18. The predicted octanol–water partition coefficient (Wildman–Crippen LogP) is 3.39. The van der Waals surface area contributed by atoms with Crippen LogP contribution in [0.5, 0.6) is 0 Å². The lowest BCUT2D eigenvalue weighted by Gasteiger charge is -2.35. The number of nitrogens with zero attached hydrogens (tertiary/aromatic N) is 3. The number of benzene rings is 2. The molecule has 1 fully saturated rings. The lowest BCUT2D eigenvalue weighted by atomic mass is 9.93. The molecule has 7 heteroatoms. The molecule has 2 unspecified atom stereocenters. The summed E-state index contributed by atoms with van der Waals surface area (Å²) < 4.78 is 5.63. The molecule has 5 rings (SSSR count). The fourth-order valence-electron chi connectivity index (χ4n) is 4.30. The van der Waals surface area contributed by atoms with Gasteiger partial charge in [0.2, 0.25) is 0 Å². The Labute approximate surface area is 186 Å². The number of amides is 1. The quantitative estimate of drug-likeness (QED) is 0.677. The summed E-state index contributed by atoms with van der Waals surface area (Å²) in [5, 5.41) is 1.65. The van der Waals surface area contributed by atoms with E-state index in [4.69, 9.17) is 4.74 Å². The number of esters is 1. The van der Waals surface area contributed by atoms with Crippen molar-refractivity contribution in [2.45, 2.75) is 24.7 Å². The number of fused-ring (bicyclic) bond motifs is 1. The first kappa shape index (κ1) is 20.1. The maximum absolute atomic E-state index is 13.2. The van der Waals surface area contributed by atoms with Crippen LogP contribution in [0.15, 0.2) is 53.5 Å². The first-order valence-electron chi connectivity index (χ1n) is 10.7. The van der Waals surface area contributed by atoms with Gasteiger partial charge < -0.3 is 14.5 Å². The Balaban J connectivity index is 1.28. The van der Waals surface area contributed by atoms with Gasteiger partial charge >= 0.3 is 5.97 Å². The molecule has 2 atom stereocenters. The number of aliphatic imine (C=N–C) groups is 1. The van der Waals surface area contributed by atoms with E-state index in [0.29, 0.717) is 35.9 Å². The van der Waals surface area contributed by atoms with Crippen molar-refractivity contribution in [3.63, 3.8) is 0 Å². The van der Waals surface area contributed by atoms with Crippen LogP contribution in [-0.4, -0.2) is 64.8 Å². The Hall–Kier alpha value is -2.80. The highest BCUT2D eigenvalue weighted by Gasteiger charge is 2.30. The fourth-order valence-corrected chi connectivity index (χ4v) is 5.29. The number of carbonyl (C=O) groups excluding carboxylic acids is 2. The number of hydrogen-bond acceptors (Lipinski definition) is 6. The lowest BCUT2D eigenvalue weighted by Crippen LogP contribution is -2.49. The van der Waals surface area contributed by atoms with Crippen molar-refractivity contribution in [3.8, 4) is 0 Å². The average Bonchev–Trinajstić information content (AvgIpc) is 3.25. The van der Waals surface area contributed by atoms with Gasteiger partial charge in [0.05, 0.1) is 12.1 Å². The third-order valence-electron chi connectivity index (χ3n) is 6.03. The Morgan fingerprint density at radius 1 is 1.10 bits per heavy atom. The second-order valence-electron chi connectivity index (χ2n) is 8.21. The van der Waals surface area contributed by atoms with E-state index >= 15 is 0 Å². The van der Waals surface area contributed by atoms with E-state index in [2.05, 4.69) is 16.8 Å². The second kappa shape index (κ2) is 8.38. The number of hydrogen-bond donors (Lipinski definition) is 0. The Morgan fingerprint density at radius 2 is 1.87 bits per heavy atom. The molecule has 0 N–H and O–H groups in total. The molecule has 2 aromatic carbocycles. The molecule has 0 bridgehead atoms. The van der Waals surface area contributed by atoms with Gasteiger partial charge in [-0.05, 0) is 29.3 Å². The van der Waals surface area contributed by atoms with Gasteiger partial charge in [0.1, 0.15) is 6.10 Å². The van der Waals surface area contributed by atoms with E-state index in [0.717, 1.165) is 35.9 Å². The Bertz CT molecular complexity index is 1030. The van der Waals surface area contributed by atoms with E-state index in [1.165, 1.54) is 0 Å². The molecule has 0 spiro atoms. The van der Waals surface area contributed by atoms with E-state index in [1.807, 2.05) is 53.1 Å². The maximum atomic E-state index is 13.2. The fraction of sp³-hybridized carbons (Fsp3) is 0.375. The highest BCUT2D eigenvalue weighted by atomic mass is 32.2. The third kappa shape index (κ3) is 4.06. The van der Waals surface area contributed by atoms with Crippen molar-refractivity contribution < 1.29 is 14.3 Å². The maximum Gasteiger partial charge on any atom is 0.339 e. The molecular weight excluding hydrogens is 410 g/mol. The van der Waals surface area contributed by atoms with Crippen LogP contribution in [0.1, 0.15) is 44.9 Å². The Morgan fingerprint density at radius 3 is 2.58 bits per heavy atom. The lowest BCUT2D eigenvalue weighted by molar-refractivity contribution is 0.0252. The van der Waals surface area contributed by atoms with Crippen LogP contribution in [0, 0.1) is 0 Å². The molecule has 1 amide bonds. The highest BCUT2D eigenvalue weighted by molar-refractivity contribution is 8.14. The molecule has 160 valence electrons. The number of cyclic esters (lactones) is 1. The van der Waals surface area contributed by atoms with Crippen molar-refractivity contribution in [3.05, 3.63) is 70.8 Å². The van der Waals surface area contributed by atoms with E-state index in [1.54, 1.807) is 12.1 Å². The van der Waals surface area contributed by atoms with Crippen LogP contribution in [0.4, 0.5) is 0 Å². The first-order chi connectivity index (χ1) is 15.1. The Kier molecular flexibility index (Phi) is 5.44. The van der Waals surface area contributed by atoms with Gasteiger partial charge in [-0.25, -0.2) is 4.79 Å². The van der Waals surface area contributed by atoms with Gasteiger partial charge in [-0.15, -0.1) is 0 Å². The predicted molar refractivity (Wildman–Crippen MR) is 122 cm³/mol. The standard InChI is InChI=1S/C24H25N3O3S/c1-16-15-25-24(31-16)27-11-9-26(10-12-27)22(28)18-7-8-20-19(13-18)14-21(30-23(20)29)17-5-3-2-4-6-17/h2-8,13,16,21H,9-12,14-15H2,1H3. The zero-order chi connectivity index (χ0) is 21.4. The largest absolute Gasteiger partial charge is 0.454 e. The minimum atomic E-state index is -0.327. The molecule has 6 nitrogen and oxygen atoms in total. The number of piperazine rings is 1. The second-order valence-corrected chi connectivity index (χ2v) is 9.62. The molecular formula is C24H25N3O3S. The van der Waals surface area contributed by atoms with E-state index < -0.39 is 0 Å². The summed E-state index contributed by atoms with van der Waals surface area (Å²) >= 11 is 1.82. The molecule has 1 saturated heterocycles.